The van der Waals surface area contributed by atoms with E-state index in [0.717, 1.165) is 32.2 Å². The van der Waals surface area contributed by atoms with E-state index >= 15 is 0 Å². The van der Waals surface area contributed by atoms with Crippen molar-refractivity contribution in [1.82, 2.24) is 0 Å². The molecule has 1 aliphatic carbocycles. The monoisotopic (exact) mass is 193 g/mol. The van der Waals surface area contributed by atoms with Gasteiger partial charge in [-0.05, 0) is 19.3 Å². The first kappa shape index (κ1) is 11.2. The molecule has 1 fully saturated rings. The molecule has 0 heterocycles. The second-order valence-corrected chi connectivity index (χ2v) is 3.92. The average molecular weight is 193 g/mol. The summed E-state index contributed by atoms with van der Waals surface area (Å²) < 4.78 is 0. The number of rotatable bonds is 4. The summed E-state index contributed by atoms with van der Waals surface area (Å²) in [5, 5.41) is 17.3. The molecular formula is C11H19N3. The summed E-state index contributed by atoms with van der Waals surface area (Å²) in [6.07, 6.45) is 6.70. The lowest BCUT2D eigenvalue weighted by Gasteiger charge is -2.21. The third-order valence-electron chi connectivity index (χ3n) is 2.74. The van der Waals surface area contributed by atoms with Crippen LogP contribution in [0, 0.1) is 17.2 Å². The Hall–Kier alpha value is -0.910. The standard InChI is InChI=1S/C11H19N3/c1-2-3-8-13-14-11-7-5-4-6-10(11)9-12/h10-11H,2-8H2,1H3. The molecule has 1 rings (SSSR count). The Kier molecular flexibility index (Phi) is 5.21. The van der Waals surface area contributed by atoms with Gasteiger partial charge in [-0.15, -0.1) is 0 Å². The minimum atomic E-state index is 0.120. The highest BCUT2D eigenvalue weighted by Gasteiger charge is 2.24. The van der Waals surface area contributed by atoms with Crippen LogP contribution in [0.25, 0.3) is 0 Å². The van der Waals surface area contributed by atoms with Gasteiger partial charge in [-0.1, -0.05) is 26.2 Å². The highest BCUT2D eigenvalue weighted by Crippen LogP contribution is 2.26. The topological polar surface area (TPSA) is 48.5 Å². The molecule has 3 heteroatoms. The Bertz CT molecular complexity index is 217. The lowest BCUT2D eigenvalue weighted by atomic mass is 9.86. The van der Waals surface area contributed by atoms with Crippen molar-refractivity contribution < 1.29 is 0 Å². The smallest absolute Gasteiger partial charge is 0.0866 e. The van der Waals surface area contributed by atoms with Gasteiger partial charge in [-0.3, -0.25) is 0 Å². The van der Waals surface area contributed by atoms with E-state index in [1.54, 1.807) is 0 Å². The largest absolute Gasteiger partial charge is 0.198 e. The fourth-order valence-electron chi connectivity index (χ4n) is 1.79. The molecule has 78 valence electrons. The van der Waals surface area contributed by atoms with Crippen molar-refractivity contribution in [3.05, 3.63) is 0 Å². The fourth-order valence-corrected chi connectivity index (χ4v) is 1.79. The van der Waals surface area contributed by atoms with Gasteiger partial charge in [0.25, 0.3) is 0 Å². The van der Waals surface area contributed by atoms with Crippen molar-refractivity contribution in [2.24, 2.45) is 16.1 Å². The van der Waals surface area contributed by atoms with Gasteiger partial charge in [-0.2, -0.15) is 15.5 Å². The molecule has 0 saturated heterocycles. The predicted molar refractivity (Wildman–Crippen MR) is 56.0 cm³/mol. The molecular weight excluding hydrogens is 174 g/mol. The average Bonchev–Trinajstić information content (AvgIpc) is 2.25. The lowest BCUT2D eigenvalue weighted by Crippen LogP contribution is -2.21. The Morgan fingerprint density at radius 2 is 2.14 bits per heavy atom. The third kappa shape index (κ3) is 3.45. The summed E-state index contributed by atoms with van der Waals surface area (Å²) >= 11 is 0. The summed E-state index contributed by atoms with van der Waals surface area (Å²) in [6.45, 7) is 2.97. The summed E-state index contributed by atoms with van der Waals surface area (Å²) in [4.78, 5) is 0. The highest BCUT2D eigenvalue weighted by atomic mass is 15.1. The van der Waals surface area contributed by atoms with Gasteiger partial charge in [0.05, 0.1) is 24.6 Å². The van der Waals surface area contributed by atoms with E-state index in [1.165, 1.54) is 12.8 Å². The Morgan fingerprint density at radius 3 is 2.86 bits per heavy atom. The Morgan fingerprint density at radius 1 is 1.36 bits per heavy atom. The molecule has 2 unspecified atom stereocenters. The number of unbranched alkanes of at least 4 members (excludes halogenated alkanes) is 1. The molecule has 0 aromatic rings. The van der Waals surface area contributed by atoms with Gasteiger partial charge in [0.2, 0.25) is 0 Å². The molecule has 2 atom stereocenters. The first-order valence-corrected chi connectivity index (χ1v) is 5.64. The van der Waals surface area contributed by atoms with Crippen molar-refractivity contribution in [2.75, 3.05) is 6.54 Å². The van der Waals surface area contributed by atoms with Crippen LogP contribution >= 0.6 is 0 Å². The maximum Gasteiger partial charge on any atom is 0.0866 e. The predicted octanol–water partition coefficient (Wildman–Crippen LogP) is 3.32. The molecule has 0 spiro atoms. The summed E-state index contributed by atoms with van der Waals surface area (Å²) in [7, 11) is 0. The zero-order chi connectivity index (χ0) is 10.2. The Balaban J connectivity index is 2.33. The quantitative estimate of drug-likeness (QED) is 0.499. The number of hydrogen-bond acceptors (Lipinski definition) is 3. The van der Waals surface area contributed by atoms with Crippen LogP contribution in [0.15, 0.2) is 10.2 Å². The van der Waals surface area contributed by atoms with Gasteiger partial charge in [0, 0.05) is 0 Å². The van der Waals surface area contributed by atoms with E-state index in [1.807, 2.05) is 0 Å². The number of azo groups is 1. The third-order valence-corrected chi connectivity index (χ3v) is 2.74. The fraction of sp³-hybridized carbons (Fsp3) is 0.909. The van der Waals surface area contributed by atoms with E-state index in [-0.39, 0.29) is 12.0 Å². The number of hydrogen-bond donors (Lipinski definition) is 0. The van der Waals surface area contributed by atoms with Gasteiger partial charge in [0.15, 0.2) is 0 Å². The molecule has 0 bridgehead atoms. The van der Waals surface area contributed by atoms with Crippen molar-refractivity contribution >= 4 is 0 Å². The van der Waals surface area contributed by atoms with Gasteiger partial charge in [-0.25, -0.2) is 0 Å². The van der Waals surface area contributed by atoms with Crippen LogP contribution in [0.5, 0.6) is 0 Å². The van der Waals surface area contributed by atoms with Crippen molar-refractivity contribution in [1.29, 1.82) is 5.26 Å². The molecule has 1 saturated carbocycles. The maximum atomic E-state index is 8.91. The van der Waals surface area contributed by atoms with Crippen molar-refractivity contribution in [3.8, 4) is 6.07 Å². The van der Waals surface area contributed by atoms with E-state index in [4.69, 9.17) is 5.26 Å². The minimum absolute atomic E-state index is 0.120. The van der Waals surface area contributed by atoms with E-state index in [2.05, 4.69) is 23.2 Å². The van der Waals surface area contributed by atoms with Crippen LogP contribution in [-0.4, -0.2) is 12.6 Å². The van der Waals surface area contributed by atoms with E-state index < -0.39 is 0 Å². The van der Waals surface area contributed by atoms with Crippen LogP contribution in [-0.2, 0) is 0 Å². The van der Waals surface area contributed by atoms with Gasteiger partial charge < -0.3 is 0 Å². The normalized spacial score (nSPS) is 27.7. The highest BCUT2D eigenvalue weighted by molar-refractivity contribution is 4.93. The van der Waals surface area contributed by atoms with E-state index in [0.29, 0.717) is 0 Å². The summed E-state index contributed by atoms with van der Waals surface area (Å²) in [5.74, 6) is 0.120. The van der Waals surface area contributed by atoms with Gasteiger partial charge in [0.1, 0.15) is 0 Å². The van der Waals surface area contributed by atoms with E-state index in [9.17, 15) is 0 Å². The van der Waals surface area contributed by atoms with Crippen molar-refractivity contribution in [2.45, 2.75) is 51.5 Å². The molecule has 0 radical (unpaired) electrons. The molecule has 3 nitrogen and oxygen atoms in total. The second-order valence-electron chi connectivity index (χ2n) is 3.92. The molecule has 1 aliphatic rings. The number of nitriles is 1. The van der Waals surface area contributed by atoms with Crippen LogP contribution in [0.1, 0.15) is 45.4 Å². The van der Waals surface area contributed by atoms with Crippen LogP contribution in [0.3, 0.4) is 0 Å². The molecule has 0 aromatic carbocycles. The number of nitrogens with zero attached hydrogens (tertiary/aromatic N) is 3. The minimum Gasteiger partial charge on any atom is -0.198 e. The van der Waals surface area contributed by atoms with Crippen LogP contribution in [0.4, 0.5) is 0 Å². The summed E-state index contributed by atoms with van der Waals surface area (Å²) in [5.41, 5.74) is 0. The molecule has 14 heavy (non-hydrogen) atoms. The van der Waals surface area contributed by atoms with Crippen molar-refractivity contribution in [3.63, 3.8) is 0 Å². The zero-order valence-electron chi connectivity index (χ0n) is 8.95. The molecule has 0 aromatic heterocycles. The first-order chi connectivity index (χ1) is 6.88. The molecule has 0 N–H and O–H groups in total. The van der Waals surface area contributed by atoms with Gasteiger partial charge >= 0.3 is 0 Å². The molecule has 0 aliphatic heterocycles. The second kappa shape index (κ2) is 6.53. The Labute approximate surface area is 86.2 Å². The van der Waals surface area contributed by atoms with Crippen LogP contribution in [0.2, 0.25) is 0 Å². The first-order valence-electron chi connectivity index (χ1n) is 5.64. The summed E-state index contributed by atoms with van der Waals surface area (Å²) in [6, 6.07) is 2.53. The SMILES string of the molecule is CCCCN=NC1CCCCC1C#N. The lowest BCUT2D eigenvalue weighted by molar-refractivity contribution is 0.358. The van der Waals surface area contributed by atoms with Crippen LogP contribution < -0.4 is 0 Å². The maximum absolute atomic E-state index is 8.91. The zero-order valence-corrected chi connectivity index (χ0v) is 8.95. The molecule has 0 amide bonds.